The molecule has 0 spiro atoms. The van der Waals surface area contributed by atoms with Crippen LogP contribution in [0.3, 0.4) is 0 Å². The Labute approximate surface area is 83.0 Å². The normalized spacial score (nSPS) is 13.1. The van der Waals surface area contributed by atoms with Gasteiger partial charge in [-0.05, 0) is 6.92 Å². The highest BCUT2D eigenvalue weighted by atomic mass is 32.2. The summed E-state index contributed by atoms with van der Waals surface area (Å²) >= 11 is 0. The lowest BCUT2D eigenvalue weighted by Gasteiger charge is -2.07. The zero-order valence-electron chi connectivity index (χ0n) is 7.48. The van der Waals surface area contributed by atoms with E-state index in [-0.39, 0.29) is 6.54 Å². The van der Waals surface area contributed by atoms with Gasteiger partial charge >= 0.3 is 6.18 Å². The quantitative estimate of drug-likeness (QED) is 0.790. The maximum Gasteiger partial charge on any atom is 0.451 e. The van der Waals surface area contributed by atoms with E-state index in [1.807, 2.05) is 0 Å². The van der Waals surface area contributed by atoms with Crippen LogP contribution in [0.4, 0.5) is 13.2 Å². The first-order valence-corrected chi connectivity index (χ1v) is 5.25. The Bertz CT molecular complexity index is 463. The second-order valence-electron chi connectivity index (χ2n) is 2.59. The van der Waals surface area contributed by atoms with E-state index < -0.39 is 27.2 Å². The van der Waals surface area contributed by atoms with Gasteiger partial charge in [0.05, 0.1) is 0 Å². The molecule has 10 heteroatoms. The summed E-state index contributed by atoms with van der Waals surface area (Å²) in [7, 11) is -4.30. The average molecular weight is 244 g/mol. The Hall–Kier alpha value is -1.16. The van der Waals surface area contributed by atoms with Gasteiger partial charge in [0.15, 0.2) is 0 Å². The van der Waals surface area contributed by atoms with Crippen LogP contribution < -0.4 is 5.14 Å². The van der Waals surface area contributed by atoms with Crippen LogP contribution in [-0.2, 0) is 22.7 Å². The molecule has 1 aromatic rings. The van der Waals surface area contributed by atoms with Gasteiger partial charge in [-0.25, -0.2) is 13.6 Å². The van der Waals surface area contributed by atoms with Crippen molar-refractivity contribution in [3.63, 3.8) is 0 Å². The first kappa shape index (κ1) is 11.9. The van der Waals surface area contributed by atoms with Crippen molar-refractivity contribution in [2.45, 2.75) is 24.8 Å². The number of alkyl halides is 3. The van der Waals surface area contributed by atoms with Crippen LogP contribution >= 0.6 is 0 Å². The van der Waals surface area contributed by atoms with Crippen LogP contribution in [0.2, 0.25) is 0 Å². The number of rotatable bonds is 2. The van der Waals surface area contributed by atoms with E-state index in [0.717, 1.165) is 0 Å². The molecule has 1 rings (SSSR count). The first-order chi connectivity index (χ1) is 6.68. The summed E-state index contributed by atoms with van der Waals surface area (Å²) in [5.74, 6) is -1.38. The van der Waals surface area contributed by atoms with Gasteiger partial charge in [-0.3, -0.25) is 4.57 Å². The topological polar surface area (TPSA) is 90.9 Å². The van der Waals surface area contributed by atoms with Crippen molar-refractivity contribution in [3.05, 3.63) is 5.82 Å². The van der Waals surface area contributed by atoms with Crippen molar-refractivity contribution in [3.8, 4) is 0 Å². The fourth-order valence-corrected chi connectivity index (χ4v) is 1.67. The van der Waals surface area contributed by atoms with Crippen LogP contribution in [0.25, 0.3) is 0 Å². The molecular weight excluding hydrogens is 237 g/mol. The minimum absolute atomic E-state index is 0.242. The Morgan fingerprint density at radius 3 is 2.27 bits per heavy atom. The second-order valence-corrected chi connectivity index (χ2v) is 4.05. The fraction of sp³-hybridized carbons (Fsp3) is 0.600. The van der Waals surface area contributed by atoms with Crippen molar-refractivity contribution >= 4 is 10.0 Å². The molecule has 6 nitrogen and oxygen atoms in total. The van der Waals surface area contributed by atoms with E-state index in [1.54, 1.807) is 0 Å². The summed E-state index contributed by atoms with van der Waals surface area (Å²) in [5.41, 5.74) is 0. The van der Waals surface area contributed by atoms with E-state index in [2.05, 4.69) is 15.3 Å². The molecule has 0 saturated heterocycles. The van der Waals surface area contributed by atoms with Crippen LogP contribution in [0, 0.1) is 0 Å². The summed E-state index contributed by atoms with van der Waals surface area (Å²) in [5, 5.41) is 9.44. The molecule has 0 bridgehead atoms. The summed E-state index contributed by atoms with van der Waals surface area (Å²) < 4.78 is 58.9. The third-order valence-corrected chi connectivity index (χ3v) is 2.35. The van der Waals surface area contributed by atoms with Gasteiger partial charge in [0, 0.05) is 6.54 Å². The Morgan fingerprint density at radius 2 is 1.93 bits per heavy atom. The molecule has 0 aromatic carbocycles. The van der Waals surface area contributed by atoms with Crippen LogP contribution in [0.1, 0.15) is 12.7 Å². The largest absolute Gasteiger partial charge is 0.451 e. The van der Waals surface area contributed by atoms with Crippen LogP contribution in [0.5, 0.6) is 0 Å². The van der Waals surface area contributed by atoms with Gasteiger partial charge in [-0.15, -0.1) is 10.2 Å². The Morgan fingerprint density at radius 1 is 1.40 bits per heavy atom. The van der Waals surface area contributed by atoms with E-state index in [1.165, 1.54) is 6.92 Å². The molecule has 0 aliphatic rings. The smallest absolute Gasteiger partial charge is 0.293 e. The van der Waals surface area contributed by atoms with Crippen molar-refractivity contribution in [2.24, 2.45) is 5.14 Å². The molecule has 0 aliphatic heterocycles. The van der Waals surface area contributed by atoms with E-state index in [4.69, 9.17) is 0 Å². The fourth-order valence-electron chi connectivity index (χ4n) is 0.994. The molecule has 0 radical (unpaired) electrons. The second kappa shape index (κ2) is 3.45. The van der Waals surface area contributed by atoms with Crippen molar-refractivity contribution in [1.82, 2.24) is 14.8 Å². The molecule has 15 heavy (non-hydrogen) atoms. The lowest BCUT2D eigenvalue weighted by Crippen LogP contribution is -2.21. The highest BCUT2D eigenvalue weighted by Crippen LogP contribution is 2.28. The summed E-state index contributed by atoms with van der Waals surface area (Å²) in [4.78, 5) is 0. The number of nitrogens with zero attached hydrogens (tertiary/aromatic N) is 3. The van der Waals surface area contributed by atoms with Crippen molar-refractivity contribution in [1.29, 1.82) is 0 Å². The van der Waals surface area contributed by atoms with Gasteiger partial charge in [0.1, 0.15) is 0 Å². The zero-order valence-corrected chi connectivity index (χ0v) is 8.30. The SMILES string of the molecule is CCn1c(C(F)(F)F)nnc1S(N)(=O)=O. The molecule has 0 saturated carbocycles. The van der Waals surface area contributed by atoms with Gasteiger partial charge in [-0.2, -0.15) is 13.2 Å². The Kier molecular flexibility index (Phi) is 2.74. The number of nitrogens with two attached hydrogens (primary N) is 1. The summed E-state index contributed by atoms with van der Waals surface area (Å²) in [6.07, 6.45) is -4.76. The molecule has 86 valence electrons. The molecule has 0 atom stereocenters. The van der Waals surface area contributed by atoms with Gasteiger partial charge in [0.2, 0.25) is 5.82 Å². The number of halogens is 3. The number of aromatic nitrogens is 3. The van der Waals surface area contributed by atoms with Crippen LogP contribution in [0.15, 0.2) is 5.16 Å². The Balaban J connectivity index is 3.44. The van der Waals surface area contributed by atoms with Gasteiger partial charge in [0.25, 0.3) is 15.2 Å². The maximum absolute atomic E-state index is 12.3. The third kappa shape index (κ3) is 2.26. The predicted octanol–water partition coefficient (Wildman–Crippen LogP) is -0.0358. The van der Waals surface area contributed by atoms with Crippen molar-refractivity contribution in [2.75, 3.05) is 0 Å². The number of hydrogen-bond donors (Lipinski definition) is 1. The highest BCUT2D eigenvalue weighted by Gasteiger charge is 2.39. The van der Waals surface area contributed by atoms with Gasteiger partial charge in [-0.1, -0.05) is 0 Å². The molecular formula is C5H7F3N4O2S. The molecule has 1 aromatic heterocycles. The van der Waals surface area contributed by atoms with E-state index in [9.17, 15) is 21.6 Å². The molecule has 2 N–H and O–H groups in total. The number of primary sulfonamides is 1. The van der Waals surface area contributed by atoms with E-state index >= 15 is 0 Å². The molecule has 0 aliphatic carbocycles. The van der Waals surface area contributed by atoms with Gasteiger partial charge < -0.3 is 0 Å². The first-order valence-electron chi connectivity index (χ1n) is 3.71. The highest BCUT2D eigenvalue weighted by molar-refractivity contribution is 7.89. The maximum atomic E-state index is 12.3. The van der Waals surface area contributed by atoms with Crippen LogP contribution in [-0.4, -0.2) is 23.2 Å². The number of hydrogen-bond acceptors (Lipinski definition) is 4. The minimum atomic E-state index is -4.76. The average Bonchev–Trinajstić information content (AvgIpc) is 2.43. The molecule has 0 fully saturated rings. The minimum Gasteiger partial charge on any atom is -0.293 e. The standard InChI is InChI=1S/C5H7F3N4O2S/c1-2-12-3(5(6,7)8)10-11-4(12)15(9,13)14/h2H2,1H3,(H2,9,13,14). The lowest BCUT2D eigenvalue weighted by molar-refractivity contribution is -0.147. The molecule has 0 unspecified atom stereocenters. The zero-order chi connectivity index (χ0) is 11.9. The summed E-state index contributed by atoms with van der Waals surface area (Å²) in [6, 6.07) is 0. The number of sulfonamides is 1. The lowest BCUT2D eigenvalue weighted by atomic mass is 10.5. The monoisotopic (exact) mass is 244 g/mol. The predicted molar refractivity (Wildman–Crippen MR) is 42.1 cm³/mol. The molecule has 0 amide bonds. The third-order valence-electron chi connectivity index (χ3n) is 1.54. The summed E-state index contributed by atoms with van der Waals surface area (Å²) in [6.45, 7) is 1.08. The molecule has 1 heterocycles. The van der Waals surface area contributed by atoms with Crippen molar-refractivity contribution < 1.29 is 21.6 Å². The van der Waals surface area contributed by atoms with E-state index in [0.29, 0.717) is 4.57 Å².